The van der Waals surface area contributed by atoms with E-state index in [2.05, 4.69) is 20.3 Å². The van der Waals surface area contributed by atoms with Crippen LogP contribution in [-0.2, 0) is 4.79 Å². The van der Waals surface area contributed by atoms with E-state index < -0.39 is 12.7 Å². The van der Waals surface area contributed by atoms with Crippen LogP contribution >= 0.6 is 0 Å². The Morgan fingerprint density at radius 1 is 1.27 bits per heavy atom. The quantitative estimate of drug-likeness (QED) is 0.613. The number of amides is 1. The van der Waals surface area contributed by atoms with Crippen LogP contribution in [0.2, 0.25) is 0 Å². The van der Waals surface area contributed by atoms with Crippen LogP contribution in [-0.4, -0.2) is 42.4 Å². The van der Waals surface area contributed by atoms with Crippen molar-refractivity contribution in [3.8, 4) is 22.6 Å². The number of aromatic nitrogens is 2. The lowest BCUT2D eigenvalue weighted by Gasteiger charge is -2.19. The molecule has 0 spiro atoms. The van der Waals surface area contributed by atoms with Crippen molar-refractivity contribution in [3.05, 3.63) is 54.9 Å². The van der Waals surface area contributed by atoms with Crippen molar-refractivity contribution in [3.63, 3.8) is 0 Å². The predicted octanol–water partition coefficient (Wildman–Crippen LogP) is 3.90. The number of aromatic amines is 1. The molecule has 2 heterocycles. The molecule has 156 valence electrons. The minimum Gasteiger partial charge on any atom is -0.496 e. The van der Waals surface area contributed by atoms with Crippen molar-refractivity contribution < 1.29 is 23.0 Å². The number of carbonyl (C=O) groups excluding carboxylic acids is 1. The van der Waals surface area contributed by atoms with Crippen LogP contribution in [0, 0.1) is 0 Å². The summed E-state index contributed by atoms with van der Waals surface area (Å²) < 4.78 is 34.8. The summed E-state index contributed by atoms with van der Waals surface area (Å²) in [7, 11) is 1.58. The molecule has 0 bridgehead atoms. The van der Waals surface area contributed by atoms with Gasteiger partial charge in [-0.25, -0.2) is 0 Å². The lowest BCUT2D eigenvalue weighted by molar-refractivity contribution is -0.117. The first-order chi connectivity index (χ1) is 14.5. The molecular formula is C21H20F2N4O3. The van der Waals surface area contributed by atoms with Gasteiger partial charge in [-0.3, -0.25) is 9.89 Å². The number of benzene rings is 2. The van der Waals surface area contributed by atoms with E-state index in [9.17, 15) is 13.6 Å². The lowest BCUT2D eigenvalue weighted by atomic mass is 10.1. The third-order valence-electron chi connectivity index (χ3n) is 4.91. The molecule has 0 aliphatic carbocycles. The summed E-state index contributed by atoms with van der Waals surface area (Å²) in [4.78, 5) is 14.6. The minimum absolute atomic E-state index is 0.0388. The summed E-state index contributed by atoms with van der Waals surface area (Å²) in [5.74, 6) is 0.570. The van der Waals surface area contributed by atoms with Gasteiger partial charge in [-0.1, -0.05) is 6.07 Å². The molecule has 1 aliphatic rings. The number of nitrogens with one attached hydrogen (secondary N) is 2. The number of ether oxygens (including phenoxy) is 2. The molecule has 2 N–H and O–H groups in total. The fourth-order valence-corrected chi connectivity index (χ4v) is 3.52. The number of halogens is 2. The lowest BCUT2D eigenvalue weighted by Crippen LogP contribution is -2.33. The molecule has 1 amide bonds. The zero-order valence-electron chi connectivity index (χ0n) is 16.1. The fraction of sp³-hybridized carbons (Fsp3) is 0.238. The summed E-state index contributed by atoms with van der Waals surface area (Å²) in [5.41, 5.74) is 3.02. The Labute approximate surface area is 171 Å². The number of hydrogen-bond acceptors (Lipinski definition) is 5. The van der Waals surface area contributed by atoms with Crippen molar-refractivity contribution in [1.29, 1.82) is 0 Å². The van der Waals surface area contributed by atoms with Crippen LogP contribution in [0.25, 0.3) is 11.1 Å². The van der Waals surface area contributed by atoms with Crippen LogP contribution < -0.4 is 19.7 Å². The third kappa shape index (κ3) is 4.05. The van der Waals surface area contributed by atoms with Crippen molar-refractivity contribution in [2.75, 3.05) is 23.9 Å². The molecule has 1 fully saturated rings. The van der Waals surface area contributed by atoms with Gasteiger partial charge < -0.3 is 19.7 Å². The van der Waals surface area contributed by atoms with E-state index in [1.165, 1.54) is 12.1 Å². The smallest absolute Gasteiger partial charge is 0.387 e. The zero-order chi connectivity index (χ0) is 21.1. The highest BCUT2D eigenvalue weighted by Crippen LogP contribution is 2.35. The van der Waals surface area contributed by atoms with Crippen molar-refractivity contribution in [1.82, 2.24) is 10.2 Å². The summed E-state index contributed by atoms with van der Waals surface area (Å²) >= 11 is 0. The molecule has 4 rings (SSSR count). The molecule has 1 unspecified atom stereocenters. The highest BCUT2D eigenvalue weighted by molar-refractivity contribution is 6.01. The molecule has 1 aliphatic heterocycles. The molecule has 7 nitrogen and oxygen atoms in total. The molecular weight excluding hydrogens is 394 g/mol. The van der Waals surface area contributed by atoms with Crippen molar-refractivity contribution in [2.24, 2.45) is 0 Å². The second-order valence-electron chi connectivity index (χ2n) is 6.75. The van der Waals surface area contributed by atoms with Gasteiger partial charge in [0, 0.05) is 47.4 Å². The standard InChI is InChI=1S/C21H20F2N4O3/c1-29-19-10-15(5-6-17(19)13-11-24-25-12-13)27-8-7-18(20(27)28)26-14-3-2-4-16(9-14)30-21(22)23/h2-6,9-12,18,21,26H,7-8H2,1H3,(H,24,25). The average Bonchev–Trinajstić information content (AvgIpc) is 3.38. The zero-order valence-corrected chi connectivity index (χ0v) is 16.1. The van der Waals surface area contributed by atoms with Crippen molar-refractivity contribution >= 4 is 17.3 Å². The number of anilines is 2. The third-order valence-corrected chi connectivity index (χ3v) is 4.91. The Bertz CT molecular complexity index is 1030. The summed E-state index contributed by atoms with van der Waals surface area (Å²) in [6, 6.07) is 11.3. The van der Waals surface area contributed by atoms with Crippen molar-refractivity contribution in [2.45, 2.75) is 19.1 Å². The van der Waals surface area contributed by atoms with Crippen LogP contribution in [0.5, 0.6) is 11.5 Å². The SMILES string of the molecule is COc1cc(N2CCC(Nc3cccc(OC(F)F)c3)C2=O)ccc1-c1cn[nH]c1. The second kappa shape index (κ2) is 8.40. The maximum absolute atomic E-state index is 12.9. The van der Waals surface area contributed by atoms with Gasteiger partial charge in [0.1, 0.15) is 17.5 Å². The number of alkyl halides is 2. The van der Waals surface area contributed by atoms with Gasteiger partial charge in [0.2, 0.25) is 5.91 Å². The Hall–Kier alpha value is -3.62. The van der Waals surface area contributed by atoms with Gasteiger partial charge >= 0.3 is 6.61 Å². The fourth-order valence-electron chi connectivity index (χ4n) is 3.52. The molecule has 30 heavy (non-hydrogen) atoms. The van der Waals surface area contributed by atoms with Crippen LogP contribution in [0.1, 0.15) is 6.42 Å². The second-order valence-corrected chi connectivity index (χ2v) is 6.75. The Kier molecular flexibility index (Phi) is 5.51. The van der Waals surface area contributed by atoms with Crippen LogP contribution in [0.15, 0.2) is 54.9 Å². The molecule has 1 aromatic heterocycles. The largest absolute Gasteiger partial charge is 0.496 e. The normalized spacial score (nSPS) is 16.2. The Morgan fingerprint density at radius 2 is 2.13 bits per heavy atom. The van der Waals surface area contributed by atoms with E-state index in [-0.39, 0.29) is 11.7 Å². The number of methoxy groups -OCH3 is 1. The van der Waals surface area contributed by atoms with Gasteiger partial charge in [-0.15, -0.1) is 0 Å². The first kappa shape index (κ1) is 19.7. The number of nitrogens with zero attached hydrogens (tertiary/aromatic N) is 2. The Morgan fingerprint density at radius 3 is 2.87 bits per heavy atom. The minimum atomic E-state index is -2.90. The van der Waals surface area contributed by atoms with E-state index in [4.69, 9.17) is 4.74 Å². The average molecular weight is 414 g/mol. The number of rotatable bonds is 7. The molecule has 1 saturated heterocycles. The van der Waals surface area contributed by atoms with E-state index in [1.807, 2.05) is 18.2 Å². The summed E-state index contributed by atoms with van der Waals surface area (Å²) in [5, 5.41) is 9.83. The van der Waals surface area contributed by atoms with E-state index in [1.54, 1.807) is 36.5 Å². The van der Waals surface area contributed by atoms with E-state index in [0.717, 1.165) is 16.8 Å². The highest BCUT2D eigenvalue weighted by Gasteiger charge is 2.33. The molecule has 3 aromatic rings. The maximum atomic E-state index is 12.9. The Balaban J connectivity index is 1.49. The monoisotopic (exact) mass is 414 g/mol. The van der Waals surface area contributed by atoms with Gasteiger partial charge in [0.15, 0.2) is 0 Å². The number of hydrogen-bond donors (Lipinski definition) is 2. The summed E-state index contributed by atoms with van der Waals surface area (Å²) in [6.45, 7) is -2.37. The topological polar surface area (TPSA) is 79.5 Å². The molecule has 2 aromatic carbocycles. The maximum Gasteiger partial charge on any atom is 0.387 e. The van der Waals surface area contributed by atoms with Crippen LogP contribution in [0.3, 0.4) is 0 Å². The van der Waals surface area contributed by atoms with Crippen LogP contribution in [0.4, 0.5) is 20.2 Å². The molecule has 0 saturated carbocycles. The molecule has 0 radical (unpaired) electrons. The van der Waals surface area contributed by atoms with E-state index in [0.29, 0.717) is 24.4 Å². The number of carbonyl (C=O) groups is 1. The number of H-pyrrole nitrogens is 1. The molecule has 9 heteroatoms. The van der Waals surface area contributed by atoms with E-state index >= 15 is 0 Å². The van der Waals surface area contributed by atoms with Gasteiger partial charge in [-0.2, -0.15) is 13.9 Å². The first-order valence-corrected chi connectivity index (χ1v) is 9.35. The van der Waals surface area contributed by atoms with Gasteiger partial charge in [0.25, 0.3) is 0 Å². The predicted molar refractivity (Wildman–Crippen MR) is 108 cm³/mol. The molecule has 1 atom stereocenters. The summed E-state index contributed by atoms with van der Waals surface area (Å²) in [6.07, 6.45) is 4.04. The highest BCUT2D eigenvalue weighted by atomic mass is 19.3. The van der Waals surface area contributed by atoms with Gasteiger partial charge in [0.05, 0.1) is 13.3 Å². The first-order valence-electron chi connectivity index (χ1n) is 9.35. The van der Waals surface area contributed by atoms with Gasteiger partial charge in [-0.05, 0) is 30.7 Å².